The summed E-state index contributed by atoms with van der Waals surface area (Å²) in [5.41, 5.74) is 2.78. The first-order chi connectivity index (χ1) is 11.4. The Balaban J connectivity index is 1.69. The predicted octanol–water partition coefficient (Wildman–Crippen LogP) is 4.83. The highest BCUT2D eigenvalue weighted by Crippen LogP contribution is 2.49. The Hall–Kier alpha value is -1.74. The third-order valence-electron chi connectivity index (χ3n) is 5.15. The summed E-state index contributed by atoms with van der Waals surface area (Å²) in [6.45, 7) is 0.807. The van der Waals surface area contributed by atoms with Gasteiger partial charge in [-0.1, -0.05) is 48.9 Å². The number of carbonyl (C=O) groups is 1. The van der Waals surface area contributed by atoms with Gasteiger partial charge in [0.05, 0.1) is 11.3 Å². The van der Waals surface area contributed by atoms with Gasteiger partial charge in [0.15, 0.2) is 0 Å². The van der Waals surface area contributed by atoms with E-state index < -0.39 is 0 Å². The van der Waals surface area contributed by atoms with Crippen molar-refractivity contribution in [1.82, 2.24) is 4.90 Å². The molecule has 23 heavy (non-hydrogen) atoms. The van der Waals surface area contributed by atoms with Crippen LogP contribution in [-0.2, 0) is 4.79 Å². The molecule has 2 aromatic rings. The van der Waals surface area contributed by atoms with E-state index in [1.54, 1.807) is 0 Å². The van der Waals surface area contributed by atoms with Crippen LogP contribution in [0.2, 0.25) is 0 Å². The molecule has 118 valence electrons. The molecular weight excluding hydrogens is 302 g/mol. The molecule has 1 aliphatic carbocycles. The molecule has 2 nitrogen and oxygen atoms in total. The van der Waals surface area contributed by atoms with E-state index in [9.17, 15) is 4.79 Å². The lowest BCUT2D eigenvalue weighted by Gasteiger charge is -2.45. The maximum Gasteiger partial charge on any atom is 0.210 e. The summed E-state index contributed by atoms with van der Waals surface area (Å²) >= 11 is 1.87. The molecule has 0 N–H and O–H groups in total. The van der Waals surface area contributed by atoms with E-state index >= 15 is 0 Å². The van der Waals surface area contributed by atoms with Gasteiger partial charge < -0.3 is 4.90 Å². The van der Waals surface area contributed by atoms with Crippen LogP contribution in [-0.4, -0.2) is 17.9 Å². The summed E-state index contributed by atoms with van der Waals surface area (Å²) in [6, 6.07) is 19.5. The van der Waals surface area contributed by atoms with Gasteiger partial charge >= 0.3 is 0 Å². The molecule has 2 aliphatic rings. The molecule has 1 aliphatic heterocycles. The van der Waals surface area contributed by atoms with Crippen molar-refractivity contribution in [1.29, 1.82) is 0 Å². The predicted molar refractivity (Wildman–Crippen MR) is 94.3 cm³/mol. The topological polar surface area (TPSA) is 20.3 Å². The van der Waals surface area contributed by atoms with E-state index in [1.165, 1.54) is 35.3 Å². The molecule has 0 saturated heterocycles. The zero-order chi connectivity index (χ0) is 15.6. The fourth-order valence-corrected chi connectivity index (χ4v) is 5.04. The van der Waals surface area contributed by atoms with Crippen LogP contribution in [0.25, 0.3) is 0 Å². The second-order valence-corrected chi connectivity index (χ2v) is 7.76. The highest BCUT2D eigenvalue weighted by Gasteiger charge is 2.39. The lowest BCUT2D eigenvalue weighted by Crippen LogP contribution is -2.41. The summed E-state index contributed by atoms with van der Waals surface area (Å²) in [4.78, 5) is 15.1. The molecule has 4 rings (SSSR count). The summed E-state index contributed by atoms with van der Waals surface area (Å²) in [5, 5.41) is 0.315. The van der Waals surface area contributed by atoms with Crippen molar-refractivity contribution >= 4 is 18.2 Å². The minimum absolute atomic E-state index is 0.282. The largest absolute Gasteiger partial charge is 0.336 e. The maximum absolute atomic E-state index is 11.7. The summed E-state index contributed by atoms with van der Waals surface area (Å²) in [5.74, 6) is 0.643. The van der Waals surface area contributed by atoms with Crippen molar-refractivity contribution < 1.29 is 4.79 Å². The van der Waals surface area contributed by atoms with Gasteiger partial charge in [-0.25, -0.2) is 0 Å². The van der Waals surface area contributed by atoms with Gasteiger partial charge in [-0.05, 0) is 42.0 Å². The Kier molecular flexibility index (Phi) is 4.13. The van der Waals surface area contributed by atoms with Crippen LogP contribution in [0.1, 0.15) is 41.7 Å². The molecule has 3 heteroatoms. The van der Waals surface area contributed by atoms with E-state index in [0.717, 1.165) is 13.0 Å². The fraction of sp³-hybridized carbons (Fsp3) is 0.350. The smallest absolute Gasteiger partial charge is 0.210 e. The van der Waals surface area contributed by atoms with Crippen LogP contribution in [0, 0.1) is 5.92 Å². The van der Waals surface area contributed by atoms with E-state index in [1.807, 2.05) is 22.7 Å². The van der Waals surface area contributed by atoms with Gasteiger partial charge in [0, 0.05) is 11.4 Å². The van der Waals surface area contributed by atoms with Crippen molar-refractivity contribution in [2.45, 2.75) is 35.4 Å². The number of thioether (sulfide) groups is 1. The summed E-state index contributed by atoms with van der Waals surface area (Å²) in [7, 11) is 0. The molecule has 1 saturated carbocycles. The molecule has 1 heterocycles. The average molecular weight is 323 g/mol. The van der Waals surface area contributed by atoms with Gasteiger partial charge in [-0.3, -0.25) is 4.79 Å². The van der Waals surface area contributed by atoms with Gasteiger partial charge in [-0.15, -0.1) is 11.8 Å². The highest BCUT2D eigenvalue weighted by atomic mass is 32.2. The lowest BCUT2D eigenvalue weighted by molar-refractivity contribution is -0.122. The number of carbonyl (C=O) groups excluding carboxylic acids is 1. The molecule has 1 fully saturated rings. The summed E-state index contributed by atoms with van der Waals surface area (Å²) in [6.07, 6.45) is 4.87. The van der Waals surface area contributed by atoms with Crippen molar-refractivity contribution in [2.24, 2.45) is 5.92 Å². The molecule has 0 bridgehead atoms. The molecule has 0 aromatic heterocycles. The number of rotatable bonds is 4. The Labute approximate surface area is 141 Å². The molecule has 0 spiro atoms. The second-order valence-electron chi connectivity index (χ2n) is 6.49. The number of fused-ring (bicyclic) bond motifs is 1. The van der Waals surface area contributed by atoms with Crippen LogP contribution in [0.3, 0.4) is 0 Å². The van der Waals surface area contributed by atoms with Crippen molar-refractivity contribution in [3.8, 4) is 0 Å². The first kappa shape index (κ1) is 14.8. The van der Waals surface area contributed by atoms with Gasteiger partial charge in [-0.2, -0.15) is 0 Å². The van der Waals surface area contributed by atoms with Gasteiger partial charge in [0.1, 0.15) is 0 Å². The molecule has 2 unspecified atom stereocenters. The van der Waals surface area contributed by atoms with E-state index in [4.69, 9.17) is 0 Å². The monoisotopic (exact) mass is 323 g/mol. The fourth-order valence-electron chi connectivity index (χ4n) is 3.81. The SMILES string of the molecule is O=CN1CC(Sc2ccccc2)c2ccccc2C1C1CCC1. The Morgan fingerprint density at radius 2 is 1.65 bits per heavy atom. The Morgan fingerprint density at radius 3 is 2.30 bits per heavy atom. The van der Waals surface area contributed by atoms with Crippen molar-refractivity contribution in [2.75, 3.05) is 6.54 Å². The van der Waals surface area contributed by atoms with Crippen LogP contribution in [0.15, 0.2) is 59.5 Å². The third-order valence-corrected chi connectivity index (χ3v) is 6.38. The van der Waals surface area contributed by atoms with E-state index in [2.05, 4.69) is 48.5 Å². The Bertz CT molecular complexity index is 683. The second kappa shape index (κ2) is 6.40. The first-order valence-electron chi connectivity index (χ1n) is 8.38. The molecule has 2 aromatic carbocycles. The summed E-state index contributed by atoms with van der Waals surface area (Å²) < 4.78 is 0. The van der Waals surface area contributed by atoms with Crippen LogP contribution < -0.4 is 0 Å². The van der Waals surface area contributed by atoms with E-state index in [0.29, 0.717) is 11.2 Å². The number of hydrogen-bond donors (Lipinski definition) is 0. The van der Waals surface area contributed by atoms with E-state index in [-0.39, 0.29) is 6.04 Å². The van der Waals surface area contributed by atoms with Gasteiger partial charge in [0.2, 0.25) is 6.41 Å². The minimum atomic E-state index is 0.282. The zero-order valence-electron chi connectivity index (χ0n) is 13.1. The molecular formula is C20H21NOS. The molecule has 2 atom stereocenters. The van der Waals surface area contributed by atoms with Crippen LogP contribution >= 0.6 is 11.8 Å². The van der Waals surface area contributed by atoms with Crippen molar-refractivity contribution in [3.63, 3.8) is 0 Å². The third kappa shape index (κ3) is 2.78. The normalized spacial score (nSPS) is 23.9. The number of nitrogens with zero attached hydrogens (tertiary/aromatic N) is 1. The maximum atomic E-state index is 11.7. The minimum Gasteiger partial charge on any atom is -0.336 e. The first-order valence-corrected chi connectivity index (χ1v) is 9.26. The zero-order valence-corrected chi connectivity index (χ0v) is 13.9. The van der Waals surface area contributed by atoms with Crippen LogP contribution in [0.4, 0.5) is 0 Å². The standard InChI is InChI=1S/C20H21NOS/c22-14-21-13-19(23-16-9-2-1-3-10-16)17-11-4-5-12-18(17)20(21)15-7-6-8-15/h1-5,9-12,14-15,19-20H,6-8,13H2. The molecule has 0 radical (unpaired) electrons. The number of hydrogen-bond acceptors (Lipinski definition) is 2. The quantitative estimate of drug-likeness (QED) is 0.751. The number of benzene rings is 2. The molecule has 1 amide bonds. The average Bonchev–Trinajstić information content (AvgIpc) is 2.56. The van der Waals surface area contributed by atoms with Crippen LogP contribution in [0.5, 0.6) is 0 Å². The van der Waals surface area contributed by atoms with Gasteiger partial charge in [0.25, 0.3) is 0 Å². The highest BCUT2D eigenvalue weighted by molar-refractivity contribution is 7.99. The van der Waals surface area contributed by atoms with Crippen molar-refractivity contribution in [3.05, 3.63) is 65.7 Å². The number of amides is 1. The lowest BCUT2D eigenvalue weighted by atomic mass is 9.74. The Morgan fingerprint density at radius 1 is 0.957 bits per heavy atom.